The van der Waals surface area contributed by atoms with E-state index in [0.29, 0.717) is 6.54 Å². The maximum Gasteiger partial charge on any atom is 0.255 e. The van der Waals surface area contributed by atoms with Crippen LogP contribution in [0.5, 0.6) is 0 Å². The number of nitrogens with zero attached hydrogens (tertiary/aromatic N) is 3. The number of likely N-dealkylation sites (tertiary alicyclic amines) is 1. The summed E-state index contributed by atoms with van der Waals surface area (Å²) in [5.74, 6) is -0.262. The second kappa shape index (κ2) is 7.93. The van der Waals surface area contributed by atoms with Crippen LogP contribution in [0.3, 0.4) is 0 Å². The van der Waals surface area contributed by atoms with E-state index in [4.69, 9.17) is 0 Å². The van der Waals surface area contributed by atoms with Crippen molar-refractivity contribution < 1.29 is 18.1 Å². The third kappa shape index (κ3) is 3.98. The quantitative estimate of drug-likeness (QED) is 0.574. The molecule has 2 saturated heterocycles. The molecule has 0 saturated carbocycles. The van der Waals surface area contributed by atoms with Gasteiger partial charge in [-0.15, -0.1) is 0 Å². The highest BCUT2D eigenvalue weighted by Crippen LogP contribution is 2.27. The molecule has 0 unspecified atom stereocenters. The van der Waals surface area contributed by atoms with Gasteiger partial charge in [-0.25, -0.2) is 8.42 Å². The van der Waals surface area contributed by atoms with Crippen molar-refractivity contribution in [3.05, 3.63) is 39.9 Å². The van der Waals surface area contributed by atoms with Gasteiger partial charge in [-0.2, -0.15) is 4.31 Å². The van der Waals surface area contributed by atoms with Crippen molar-refractivity contribution in [2.24, 2.45) is 0 Å². The first-order valence-corrected chi connectivity index (χ1v) is 10.8. The Morgan fingerprint density at radius 2 is 1.78 bits per heavy atom. The molecule has 1 aromatic rings. The molecule has 9 heteroatoms. The Morgan fingerprint density at radius 1 is 1.11 bits per heavy atom. The van der Waals surface area contributed by atoms with Crippen molar-refractivity contribution >= 4 is 15.9 Å². The van der Waals surface area contributed by atoms with Crippen LogP contribution in [0.25, 0.3) is 0 Å². The minimum Gasteiger partial charge on any atom is -0.336 e. The van der Waals surface area contributed by atoms with Crippen LogP contribution in [-0.2, 0) is 10.0 Å². The van der Waals surface area contributed by atoms with Gasteiger partial charge in [0, 0.05) is 43.4 Å². The molecular weight excluding hydrogens is 370 g/mol. The second-order valence-corrected chi connectivity index (χ2v) is 9.17. The molecule has 0 spiro atoms. The summed E-state index contributed by atoms with van der Waals surface area (Å²) in [7, 11) is -3.88. The van der Waals surface area contributed by atoms with Crippen molar-refractivity contribution in [1.82, 2.24) is 9.21 Å². The number of hydrogen-bond acceptors (Lipinski definition) is 5. The molecule has 1 amide bonds. The lowest BCUT2D eigenvalue weighted by Crippen LogP contribution is -2.44. The first kappa shape index (κ1) is 19.8. The number of piperidine rings is 2. The summed E-state index contributed by atoms with van der Waals surface area (Å²) in [6.07, 6.45) is 3.27. The largest absolute Gasteiger partial charge is 0.336 e. The number of carbonyl (C=O) groups is 1. The first-order chi connectivity index (χ1) is 12.8. The van der Waals surface area contributed by atoms with Gasteiger partial charge >= 0.3 is 0 Å². The maximum atomic E-state index is 13.1. The Hall–Kier alpha value is -2.00. The molecule has 0 aromatic heterocycles. The summed E-state index contributed by atoms with van der Waals surface area (Å²) < 4.78 is 27.5. The monoisotopic (exact) mass is 395 g/mol. The molecule has 0 aliphatic carbocycles. The van der Waals surface area contributed by atoms with Gasteiger partial charge in [-0.1, -0.05) is 12.1 Å². The topological polar surface area (TPSA) is 101 Å². The molecule has 8 nitrogen and oxygen atoms in total. The van der Waals surface area contributed by atoms with E-state index in [9.17, 15) is 23.3 Å². The summed E-state index contributed by atoms with van der Waals surface area (Å²) in [4.78, 5) is 25.4. The molecule has 2 heterocycles. The Labute approximate surface area is 159 Å². The van der Waals surface area contributed by atoms with E-state index in [1.807, 2.05) is 6.92 Å². The lowest BCUT2D eigenvalue weighted by molar-refractivity contribution is -0.526. The zero-order valence-electron chi connectivity index (χ0n) is 15.4. The van der Waals surface area contributed by atoms with Crippen molar-refractivity contribution in [1.29, 1.82) is 0 Å². The van der Waals surface area contributed by atoms with Gasteiger partial charge in [-0.3, -0.25) is 14.9 Å². The van der Waals surface area contributed by atoms with Crippen molar-refractivity contribution in [3.63, 3.8) is 0 Å². The van der Waals surface area contributed by atoms with E-state index in [1.165, 1.54) is 10.4 Å². The molecule has 0 radical (unpaired) electrons. The molecular formula is C18H25N3O5S. The molecule has 27 heavy (non-hydrogen) atoms. The van der Waals surface area contributed by atoms with Crippen LogP contribution >= 0.6 is 0 Å². The van der Waals surface area contributed by atoms with E-state index in [0.717, 1.165) is 19.3 Å². The summed E-state index contributed by atoms with van der Waals surface area (Å²) in [6.45, 7) is 2.80. The first-order valence-electron chi connectivity index (χ1n) is 9.36. The predicted octanol–water partition coefficient (Wildman–Crippen LogP) is 2.13. The van der Waals surface area contributed by atoms with E-state index >= 15 is 0 Å². The van der Waals surface area contributed by atoms with Gasteiger partial charge < -0.3 is 4.90 Å². The normalized spacial score (nSPS) is 22.6. The van der Waals surface area contributed by atoms with Crippen LogP contribution in [0, 0.1) is 10.1 Å². The van der Waals surface area contributed by atoms with Crippen LogP contribution in [0.4, 0.5) is 0 Å². The maximum absolute atomic E-state index is 13.1. The van der Waals surface area contributed by atoms with Gasteiger partial charge in [0.05, 0.1) is 10.5 Å². The molecule has 2 aliphatic heterocycles. The van der Waals surface area contributed by atoms with E-state index in [1.54, 1.807) is 23.1 Å². The van der Waals surface area contributed by atoms with Gasteiger partial charge in [-0.05, 0) is 38.3 Å². The smallest absolute Gasteiger partial charge is 0.255 e. The summed E-state index contributed by atoms with van der Waals surface area (Å²) >= 11 is 0. The van der Waals surface area contributed by atoms with Gasteiger partial charge in [0.2, 0.25) is 16.1 Å². The fraction of sp³-hybridized carbons (Fsp3) is 0.611. The number of carbonyl (C=O) groups excluding carboxylic acids is 1. The average molecular weight is 395 g/mol. The van der Waals surface area contributed by atoms with E-state index in [2.05, 4.69) is 0 Å². The standard InChI is InChI=1S/C18H25N3O5S/c1-14-6-4-5-11-20(14)18(22)16-7-2-3-8-17(16)27(25,26)19-12-9-15(10-13-19)21(23)24/h2-3,7-8,14-15H,4-6,9-13H2,1H3/t14-/m0/s1. The third-order valence-electron chi connectivity index (χ3n) is 5.52. The highest BCUT2D eigenvalue weighted by atomic mass is 32.2. The summed E-state index contributed by atoms with van der Waals surface area (Å²) in [6, 6.07) is 5.66. The molecule has 0 N–H and O–H groups in total. The summed E-state index contributed by atoms with van der Waals surface area (Å²) in [5, 5.41) is 10.9. The van der Waals surface area contributed by atoms with E-state index in [-0.39, 0.29) is 53.3 Å². The number of rotatable bonds is 4. The molecule has 1 aromatic carbocycles. The van der Waals surface area contributed by atoms with Crippen molar-refractivity contribution in [2.75, 3.05) is 19.6 Å². The predicted molar refractivity (Wildman–Crippen MR) is 99.6 cm³/mol. The van der Waals surface area contributed by atoms with Crippen LogP contribution < -0.4 is 0 Å². The highest BCUT2D eigenvalue weighted by molar-refractivity contribution is 7.89. The Balaban J connectivity index is 1.86. The Bertz CT molecular complexity index is 818. The average Bonchev–Trinajstić information content (AvgIpc) is 2.68. The van der Waals surface area contributed by atoms with Crippen LogP contribution in [-0.4, -0.2) is 60.2 Å². The summed E-state index contributed by atoms with van der Waals surface area (Å²) in [5.41, 5.74) is 0.183. The van der Waals surface area contributed by atoms with Gasteiger partial charge in [0.1, 0.15) is 0 Å². The molecule has 3 rings (SSSR count). The van der Waals surface area contributed by atoms with E-state index < -0.39 is 16.1 Å². The SMILES string of the molecule is C[C@H]1CCCCN1C(=O)c1ccccc1S(=O)(=O)N1CCC([N+](=O)[O-])CC1. The number of benzene rings is 1. The molecule has 1 atom stereocenters. The number of amides is 1. The third-order valence-corrected chi connectivity index (χ3v) is 7.48. The minimum atomic E-state index is -3.88. The molecule has 148 valence electrons. The van der Waals surface area contributed by atoms with Crippen LogP contribution in [0.15, 0.2) is 29.2 Å². The fourth-order valence-electron chi connectivity index (χ4n) is 3.86. The molecule has 2 fully saturated rings. The van der Waals surface area contributed by atoms with Gasteiger partial charge in [0.15, 0.2) is 0 Å². The van der Waals surface area contributed by atoms with Gasteiger partial charge in [0.25, 0.3) is 5.91 Å². The minimum absolute atomic E-state index is 0.00711. The zero-order chi connectivity index (χ0) is 19.6. The highest BCUT2D eigenvalue weighted by Gasteiger charge is 2.36. The number of nitro groups is 1. The zero-order valence-corrected chi connectivity index (χ0v) is 16.2. The second-order valence-electron chi connectivity index (χ2n) is 7.26. The lowest BCUT2D eigenvalue weighted by Gasteiger charge is -2.34. The Morgan fingerprint density at radius 3 is 2.41 bits per heavy atom. The van der Waals surface area contributed by atoms with Crippen molar-refractivity contribution in [2.45, 2.75) is 56.0 Å². The Kier molecular flexibility index (Phi) is 5.81. The fourth-order valence-corrected chi connectivity index (χ4v) is 5.51. The van der Waals surface area contributed by atoms with Crippen molar-refractivity contribution in [3.8, 4) is 0 Å². The molecule has 2 aliphatic rings. The molecule has 0 bridgehead atoms. The van der Waals surface area contributed by atoms with Crippen LogP contribution in [0.1, 0.15) is 49.4 Å². The van der Waals surface area contributed by atoms with Crippen LogP contribution in [0.2, 0.25) is 0 Å². The number of hydrogen-bond donors (Lipinski definition) is 0. The number of sulfonamides is 1. The lowest BCUT2D eigenvalue weighted by atomic mass is 10.0.